The maximum absolute atomic E-state index is 13.4. The minimum Gasteiger partial charge on any atom is -0.254 e. The molecule has 1 aromatic carbocycles. The van der Waals surface area contributed by atoms with E-state index in [2.05, 4.69) is 41.3 Å². The van der Waals surface area contributed by atoms with Gasteiger partial charge in [0, 0.05) is 9.80 Å². The van der Waals surface area contributed by atoms with Gasteiger partial charge in [0.15, 0.2) is 0 Å². The highest BCUT2D eigenvalue weighted by atomic mass is 79.9. The molecule has 0 atom stereocenters. The van der Waals surface area contributed by atoms with Crippen LogP contribution in [-0.2, 0) is 24.5 Å². The summed E-state index contributed by atoms with van der Waals surface area (Å²) in [6, 6.07) is 5.33. The van der Waals surface area contributed by atoms with Gasteiger partial charge in [0.2, 0.25) is 0 Å². The zero-order chi connectivity index (χ0) is 19.0. The number of hydrogen-bond acceptors (Lipinski definition) is 3. The fraction of sp³-hybridized carbons (Fsp3) is 0.625. The highest BCUT2D eigenvalue weighted by Gasteiger charge is 2.67. The van der Waals surface area contributed by atoms with Crippen molar-refractivity contribution in [3.05, 3.63) is 33.8 Å². The molecule has 1 rings (SSSR count). The van der Waals surface area contributed by atoms with Gasteiger partial charge in [-0.3, -0.25) is 4.57 Å². The van der Waals surface area contributed by atoms with Crippen LogP contribution in [-0.4, -0.2) is 0 Å². The average molecular weight is 492 g/mol. The Morgan fingerprint density at radius 2 is 1.50 bits per heavy atom. The van der Waals surface area contributed by atoms with Crippen molar-refractivity contribution in [2.75, 3.05) is 0 Å². The third-order valence-electron chi connectivity index (χ3n) is 4.34. The van der Waals surface area contributed by atoms with Gasteiger partial charge in [-0.05, 0) is 37.1 Å². The first-order chi connectivity index (χ1) is 10.8. The molecule has 0 aliphatic carbocycles. The Bertz CT molecular complexity index is 617. The van der Waals surface area contributed by atoms with Crippen LogP contribution in [0.1, 0.15) is 52.7 Å². The highest BCUT2D eigenvalue weighted by Crippen LogP contribution is 2.77. The summed E-state index contributed by atoms with van der Waals surface area (Å²) in [4.78, 5) is 0. The first kappa shape index (κ1) is 22.2. The molecule has 0 fully saturated rings. The molecule has 0 aliphatic heterocycles. The lowest BCUT2D eigenvalue weighted by Crippen LogP contribution is -2.50. The topological polar surface area (TPSA) is 35.5 Å². The monoisotopic (exact) mass is 490 g/mol. The van der Waals surface area contributed by atoms with E-state index in [1.165, 1.54) is 0 Å². The Kier molecular flexibility index (Phi) is 6.89. The summed E-state index contributed by atoms with van der Waals surface area (Å²) in [6.45, 7) is 10.5. The number of benzene rings is 1. The molecule has 0 aliphatic rings. The molecule has 0 bridgehead atoms. The predicted octanol–water partition coefficient (Wildman–Crippen LogP) is 7.63. The summed E-state index contributed by atoms with van der Waals surface area (Å²) < 4.78 is 47.9. The van der Waals surface area contributed by atoms with Crippen LogP contribution in [0.2, 0.25) is 0 Å². The van der Waals surface area contributed by atoms with Gasteiger partial charge in [0.1, 0.15) is 5.16 Å². The summed E-state index contributed by atoms with van der Waals surface area (Å²) in [5, 5.41) is -0.985. The maximum Gasteiger partial charge on any atom is 0.405 e. The predicted molar refractivity (Wildman–Crippen MR) is 99.4 cm³/mol. The van der Waals surface area contributed by atoms with E-state index in [1.54, 1.807) is 47.6 Å². The van der Waals surface area contributed by atoms with Gasteiger partial charge in [0.05, 0.1) is 0 Å². The van der Waals surface area contributed by atoms with Crippen LogP contribution in [0.25, 0.3) is 0 Å². The van der Waals surface area contributed by atoms with Crippen LogP contribution < -0.4 is 0 Å². The molecule has 138 valence electrons. The molecule has 0 spiro atoms. The first-order valence-corrected chi connectivity index (χ1v) is 10.8. The summed E-state index contributed by atoms with van der Waals surface area (Å²) >= 11 is 6.83. The van der Waals surface area contributed by atoms with Crippen molar-refractivity contribution in [2.24, 2.45) is 10.8 Å². The van der Waals surface area contributed by atoms with Crippen LogP contribution in [0.4, 0.5) is 9.05 Å². The van der Waals surface area contributed by atoms with E-state index in [0.29, 0.717) is 15.4 Å². The minimum atomic E-state index is -4.81. The molecule has 8 heteroatoms. The lowest BCUT2D eigenvalue weighted by atomic mass is 9.62. The fourth-order valence-electron chi connectivity index (χ4n) is 3.95. The lowest BCUT2D eigenvalue weighted by Gasteiger charge is -2.53. The third-order valence-corrected chi connectivity index (χ3v) is 8.41. The molecule has 0 saturated heterocycles. The molecule has 0 unspecified atom stereocenters. The third kappa shape index (κ3) is 3.39. The summed E-state index contributed by atoms with van der Waals surface area (Å²) in [7, 11) is -4.81. The van der Waals surface area contributed by atoms with Crippen LogP contribution >= 0.6 is 39.5 Å². The number of rotatable bonds is 5. The molecule has 0 aromatic heterocycles. The van der Waals surface area contributed by atoms with Crippen molar-refractivity contribution < 1.29 is 23.1 Å². The molecule has 3 nitrogen and oxygen atoms in total. The van der Waals surface area contributed by atoms with Gasteiger partial charge in [-0.2, -0.15) is 0 Å². The number of halogens is 4. The van der Waals surface area contributed by atoms with Crippen molar-refractivity contribution in [3.63, 3.8) is 0 Å². The lowest BCUT2D eigenvalue weighted by molar-refractivity contribution is -0.110. The van der Waals surface area contributed by atoms with Crippen molar-refractivity contribution in [1.82, 2.24) is 0 Å². The average Bonchev–Trinajstić information content (AvgIpc) is 2.46. The molecule has 0 heterocycles. The Hall–Kier alpha value is 0.190. The van der Waals surface area contributed by atoms with Crippen LogP contribution in [0, 0.1) is 10.8 Å². The van der Waals surface area contributed by atoms with Gasteiger partial charge in [0.25, 0.3) is 0 Å². The number of alkyl halides is 1. The van der Waals surface area contributed by atoms with Gasteiger partial charge < -0.3 is 0 Å². The van der Waals surface area contributed by atoms with Crippen LogP contribution in [0.5, 0.6) is 0 Å². The Morgan fingerprint density at radius 3 is 1.79 bits per heavy atom. The molecular weight excluding hydrogens is 469 g/mol. The van der Waals surface area contributed by atoms with Gasteiger partial charge in [-0.15, -0.1) is 9.46 Å². The Labute approximate surface area is 159 Å². The molecule has 0 amide bonds. The summed E-state index contributed by atoms with van der Waals surface area (Å²) in [5.74, 6) is 0. The smallest absolute Gasteiger partial charge is 0.254 e. The van der Waals surface area contributed by atoms with Crippen molar-refractivity contribution in [3.8, 4) is 0 Å². The van der Waals surface area contributed by atoms with E-state index >= 15 is 0 Å². The Morgan fingerprint density at radius 1 is 1.04 bits per heavy atom. The van der Waals surface area contributed by atoms with E-state index in [-0.39, 0.29) is 0 Å². The molecular formula is C16H23Br2F2O3P. The number of hydrogen-bond donors (Lipinski definition) is 0. The first-order valence-electron chi connectivity index (χ1n) is 7.38. The second kappa shape index (κ2) is 7.43. The zero-order valence-corrected chi connectivity index (χ0v) is 18.7. The standard InChI is InChI=1S/C16H23Br2F2O3P/c1-14(2,3)16(15(4,5)6,24(21,22-19)23-20)12-8-7-11(10-17)9-13(12)18/h7-9H,10H2,1-6H3. The second-order valence-corrected chi connectivity index (χ2v) is 11.2. The van der Waals surface area contributed by atoms with E-state index in [4.69, 9.17) is 0 Å². The van der Waals surface area contributed by atoms with Crippen molar-refractivity contribution in [2.45, 2.75) is 52.0 Å². The summed E-state index contributed by atoms with van der Waals surface area (Å²) in [6.07, 6.45) is 0. The molecule has 1 aromatic rings. The second-order valence-electron chi connectivity index (χ2n) is 7.79. The van der Waals surface area contributed by atoms with Crippen molar-refractivity contribution >= 4 is 39.5 Å². The Balaban J connectivity index is 4.02. The van der Waals surface area contributed by atoms with E-state index in [9.17, 15) is 13.6 Å². The van der Waals surface area contributed by atoms with Crippen molar-refractivity contribution in [1.29, 1.82) is 0 Å². The zero-order valence-electron chi connectivity index (χ0n) is 14.6. The summed E-state index contributed by atoms with van der Waals surface area (Å²) in [5.41, 5.74) is -0.306. The molecule has 24 heavy (non-hydrogen) atoms. The van der Waals surface area contributed by atoms with Gasteiger partial charge in [-0.25, -0.2) is 0 Å². The molecule has 0 radical (unpaired) electrons. The van der Waals surface area contributed by atoms with Gasteiger partial charge in [-0.1, -0.05) is 85.5 Å². The minimum absolute atomic E-state index is 0.464. The largest absolute Gasteiger partial charge is 0.405 e. The van der Waals surface area contributed by atoms with E-state index in [0.717, 1.165) is 5.56 Å². The highest BCUT2D eigenvalue weighted by molar-refractivity contribution is 9.10. The fourth-order valence-corrected chi connectivity index (χ4v) is 7.54. The van der Waals surface area contributed by atoms with E-state index in [1.807, 2.05) is 12.1 Å². The molecule has 0 N–H and O–H groups in total. The van der Waals surface area contributed by atoms with Crippen LogP contribution in [0.3, 0.4) is 0 Å². The molecule has 0 saturated carbocycles. The SMILES string of the molecule is CC(C)(C)C(c1ccc(CBr)cc1Br)(C(C)(C)C)P(=O)(OF)OF. The van der Waals surface area contributed by atoms with Crippen LogP contribution in [0.15, 0.2) is 22.7 Å². The normalized spacial score (nSPS) is 14.1. The maximum atomic E-state index is 13.4. The quantitative estimate of drug-likeness (QED) is 0.313. The van der Waals surface area contributed by atoms with Gasteiger partial charge >= 0.3 is 7.60 Å². The van der Waals surface area contributed by atoms with E-state index < -0.39 is 23.6 Å².